The zero-order chi connectivity index (χ0) is 10.6. The Morgan fingerprint density at radius 3 is 2.86 bits per heavy atom. The lowest BCUT2D eigenvalue weighted by molar-refractivity contribution is -0.148. The van der Waals surface area contributed by atoms with Crippen LogP contribution < -0.4 is 0 Å². The first kappa shape index (κ1) is 11.5. The molecule has 0 aromatic rings. The van der Waals surface area contributed by atoms with Crippen molar-refractivity contribution in [1.82, 2.24) is 4.90 Å². The summed E-state index contributed by atoms with van der Waals surface area (Å²) in [7, 11) is 1.71. The molecule has 1 rings (SSSR count). The Morgan fingerprint density at radius 1 is 1.64 bits per heavy atom. The Labute approximate surface area is 85.2 Å². The molecule has 1 aliphatic heterocycles. The Balaban J connectivity index is 2.38. The quantitative estimate of drug-likeness (QED) is 0.626. The van der Waals surface area contributed by atoms with Gasteiger partial charge in [-0.25, -0.2) is 0 Å². The fourth-order valence-electron chi connectivity index (χ4n) is 1.71. The van der Waals surface area contributed by atoms with Gasteiger partial charge in [0.05, 0.1) is 12.7 Å². The first-order chi connectivity index (χ1) is 6.69. The Hall–Kier alpha value is -0.610. The molecule has 1 fully saturated rings. The highest BCUT2D eigenvalue weighted by Gasteiger charge is 2.29. The SMILES string of the molecule is CCOC(=O)C(C)N1CCC(OC)C1. The van der Waals surface area contributed by atoms with Crippen LogP contribution in [0.1, 0.15) is 20.3 Å². The smallest absolute Gasteiger partial charge is 0.323 e. The molecule has 1 aliphatic rings. The minimum Gasteiger partial charge on any atom is -0.465 e. The normalized spacial score (nSPS) is 24.9. The van der Waals surface area contributed by atoms with Crippen molar-refractivity contribution < 1.29 is 14.3 Å². The molecule has 0 aliphatic carbocycles. The average molecular weight is 201 g/mol. The minimum absolute atomic E-state index is 0.135. The maximum atomic E-state index is 11.4. The molecular weight excluding hydrogens is 182 g/mol. The predicted octanol–water partition coefficient (Wildman–Crippen LogP) is 0.659. The molecule has 0 radical (unpaired) electrons. The van der Waals surface area contributed by atoms with Gasteiger partial charge in [0, 0.05) is 20.2 Å². The van der Waals surface area contributed by atoms with Crippen molar-refractivity contribution in [2.24, 2.45) is 0 Å². The van der Waals surface area contributed by atoms with E-state index in [2.05, 4.69) is 4.90 Å². The predicted molar refractivity (Wildman–Crippen MR) is 53.1 cm³/mol. The molecular formula is C10H19NO3. The molecule has 14 heavy (non-hydrogen) atoms. The highest BCUT2D eigenvalue weighted by atomic mass is 16.5. The number of hydrogen-bond donors (Lipinski definition) is 0. The van der Waals surface area contributed by atoms with E-state index in [0.29, 0.717) is 6.61 Å². The molecule has 0 aromatic heterocycles. The van der Waals surface area contributed by atoms with Crippen LogP contribution in [0.5, 0.6) is 0 Å². The van der Waals surface area contributed by atoms with Crippen molar-refractivity contribution in [2.75, 3.05) is 26.8 Å². The first-order valence-corrected chi connectivity index (χ1v) is 5.12. The van der Waals surface area contributed by atoms with Gasteiger partial charge in [-0.1, -0.05) is 0 Å². The van der Waals surface area contributed by atoms with Crippen molar-refractivity contribution in [3.05, 3.63) is 0 Å². The summed E-state index contributed by atoms with van der Waals surface area (Å²) in [5.41, 5.74) is 0. The van der Waals surface area contributed by atoms with E-state index < -0.39 is 0 Å². The van der Waals surface area contributed by atoms with Crippen LogP contribution in [-0.2, 0) is 14.3 Å². The van der Waals surface area contributed by atoms with Crippen LogP contribution in [0.15, 0.2) is 0 Å². The molecule has 0 bridgehead atoms. The lowest BCUT2D eigenvalue weighted by atomic mass is 10.3. The third-order valence-electron chi connectivity index (χ3n) is 2.69. The lowest BCUT2D eigenvalue weighted by Gasteiger charge is -2.21. The third kappa shape index (κ3) is 2.69. The number of hydrogen-bond acceptors (Lipinski definition) is 4. The number of esters is 1. The van der Waals surface area contributed by atoms with Crippen LogP contribution >= 0.6 is 0 Å². The van der Waals surface area contributed by atoms with Gasteiger partial charge in [0.25, 0.3) is 0 Å². The van der Waals surface area contributed by atoms with E-state index in [1.54, 1.807) is 7.11 Å². The first-order valence-electron chi connectivity index (χ1n) is 5.12. The van der Waals surface area contributed by atoms with Crippen LogP contribution in [-0.4, -0.2) is 49.8 Å². The van der Waals surface area contributed by atoms with E-state index in [0.717, 1.165) is 19.5 Å². The van der Waals surface area contributed by atoms with Gasteiger partial charge < -0.3 is 9.47 Å². The molecule has 1 saturated heterocycles. The number of nitrogens with zero attached hydrogens (tertiary/aromatic N) is 1. The Kier molecular flexibility index (Phi) is 4.35. The van der Waals surface area contributed by atoms with Crippen molar-refractivity contribution in [3.63, 3.8) is 0 Å². The van der Waals surface area contributed by atoms with E-state index in [1.807, 2.05) is 13.8 Å². The van der Waals surface area contributed by atoms with Crippen molar-refractivity contribution in [3.8, 4) is 0 Å². The van der Waals surface area contributed by atoms with Crippen LogP contribution in [0.2, 0.25) is 0 Å². The third-order valence-corrected chi connectivity index (χ3v) is 2.69. The summed E-state index contributed by atoms with van der Waals surface area (Å²) in [5, 5.41) is 0. The van der Waals surface area contributed by atoms with Gasteiger partial charge in [0.15, 0.2) is 0 Å². The standard InChI is InChI=1S/C10H19NO3/c1-4-14-10(12)8(2)11-6-5-9(7-11)13-3/h8-9H,4-7H2,1-3H3. The summed E-state index contributed by atoms with van der Waals surface area (Å²) < 4.78 is 10.2. The summed E-state index contributed by atoms with van der Waals surface area (Å²) in [6.07, 6.45) is 1.27. The number of ether oxygens (including phenoxy) is 2. The van der Waals surface area contributed by atoms with Gasteiger partial charge in [-0.3, -0.25) is 9.69 Å². The summed E-state index contributed by atoms with van der Waals surface area (Å²) in [6.45, 7) is 5.91. The molecule has 2 unspecified atom stereocenters. The summed E-state index contributed by atoms with van der Waals surface area (Å²) >= 11 is 0. The molecule has 82 valence electrons. The van der Waals surface area contributed by atoms with Crippen LogP contribution in [0.3, 0.4) is 0 Å². The molecule has 4 nitrogen and oxygen atoms in total. The molecule has 2 atom stereocenters. The van der Waals surface area contributed by atoms with E-state index in [9.17, 15) is 4.79 Å². The zero-order valence-electron chi connectivity index (χ0n) is 9.16. The van der Waals surface area contributed by atoms with Crippen molar-refractivity contribution in [1.29, 1.82) is 0 Å². The largest absolute Gasteiger partial charge is 0.465 e. The monoisotopic (exact) mass is 201 g/mol. The number of rotatable bonds is 4. The zero-order valence-corrected chi connectivity index (χ0v) is 9.16. The Bertz CT molecular complexity index is 196. The van der Waals surface area contributed by atoms with E-state index in [4.69, 9.17) is 9.47 Å². The second kappa shape index (κ2) is 5.32. The Morgan fingerprint density at radius 2 is 2.36 bits per heavy atom. The van der Waals surface area contributed by atoms with Crippen molar-refractivity contribution >= 4 is 5.97 Å². The molecule has 1 heterocycles. The summed E-state index contributed by atoms with van der Waals surface area (Å²) in [4.78, 5) is 13.5. The number of likely N-dealkylation sites (tertiary alicyclic amines) is 1. The second-order valence-electron chi connectivity index (χ2n) is 3.57. The highest BCUT2D eigenvalue weighted by molar-refractivity contribution is 5.75. The fourth-order valence-corrected chi connectivity index (χ4v) is 1.71. The molecule has 0 N–H and O–H groups in total. The van der Waals surface area contributed by atoms with Crippen LogP contribution in [0, 0.1) is 0 Å². The van der Waals surface area contributed by atoms with E-state index in [1.165, 1.54) is 0 Å². The van der Waals surface area contributed by atoms with Gasteiger partial charge >= 0.3 is 5.97 Å². The molecule has 0 amide bonds. The number of methoxy groups -OCH3 is 1. The molecule has 0 spiro atoms. The summed E-state index contributed by atoms with van der Waals surface area (Å²) in [5.74, 6) is -0.135. The fraction of sp³-hybridized carbons (Fsp3) is 0.900. The van der Waals surface area contributed by atoms with Gasteiger partial charge in [-0.2, -0.15) is 0 Å². The van der Waals surface area contributed by atoms with Gasteiger partial charge in [0.2, 0.25) is 0 Å². The van der Waals surface area contributed by atoms with Crippen LogP contribution in [0.4, 0.5) is 0 Å². The number of carbonyl (C=O) groups excluding carboxylic acids is 1. The maximum Gasteiger partial charge on any atom is 0.323 e. The lowest BCUT2D eigenvalue weighted by Crippen LogP contribution is -2.39. The van der Waals surface area contributed by atoms with Gasteiger partial charge in [-0.15, -0.1) is 0 Å². The summed E-state index contributed by atoms with van der Waals surface area (Å²) in [6, 6.07) is -0.143. The average Bonchev–Trinajstić information content (AvgIpc) is 2.65. The molecule has 0 saturated carbocycles. The van der Waals surface area contributed by atoms with E-state index in [-0.39, 0.29) is 18.1 Å². The van der Waals surface area contributed by atoms with E-state index >= 15 is 0 Å². The molecule has 0 aromatic carbocycles. The minimum atomic E-state index is -0.143. The second-order valence-corrected chi connectivity index (χ2v) is 3.57. The number of carbonyl (C=O) groups is 1. The topological polar surface area (TPSA) is 38.8 Å². The maximum absolute atomic E-state index is 11.4. The molecule has 4 heteroatoms. The van der Waals surface area contributed by atoms with Gasteiger partial charge in [-0.05, 0) is 20.3 Å². The van der Waals surface area contributed by atoms with Crippen molar-refractivity contribution in [2.45, 2.75) is 32.4 Å². The van der Waals surface area contributed by atoms with Crippen LogP contribution in [0.25, 0.3) is 0 Å². The van der Waals surface area contributed by atoms with Gasteiger partial charge in [0.1, 0.15) is 6.04 Å². The highest BCUT2D eigenvalue weighted by Crippen LogP contribution is 2.15.